The van der Waals surface area contributed by atoms with E-state index in [1.54, 1.807) is 24.3 Å². The van der Waals surface area contributed by atoms with Crippen LogP contribution in [0.5, 0.6) is 0 Å². The van der Waals surface area contributed by atoms with Crippen molar-refractivity contribution in [3.63, 3.8) is 0 Å². The lowest BCUT2D eigenvalue weighted by atomic mass is 9.64. The molecule has 1 N–H and O–H groups in total. The van der Waals surface area contributed by atoms with Crippen LogP contribution in [0.1, 0.15) is 43.2 Å². The van der Waals surface area contributed by atoms with E-state index in [1.165, 1.54) is 6.26 Å². The van der Waals surface area contributed by atoms with Gasteiger partial charge in [-0.3, -0.25) is 4.79 Å². The van der Waals surface area contributed by atoms with Crippen LogP contribution < -0.4 is 0 Å². The van der Waals surface area contributed by atoms with E-state index >= 15 is 0 Å². The van der Waals surface area contributed by atoms with Crippen molar-refractivity contribution >= 4 is 15.8 Å². The van der Waals surface area contributed by atoms with Crippen LogP contribution in [-0.4, -0.2) is 25.7 Å². The number of hydrogen-bond acceptors (Lipinski definition) is 3. The van der Waals surface area contributed by atoms with E-state index in [2.05, 4.69) is 0 Å². The van der Waals surface area contributed by atoms with Crippen molar-refractivity contribution in [3.8, 4) is 0 Å². The van der Waals surface area contributed by atoms with Crippen LogP contribution in [0, 0.1) is 0 Å². The molecule has 1 aromatic rings. The van der Waals surface area contributed by atoms with Crippen molar-refractivity contribution < 1.29 is 18.3 Å². The van der Waals surface area contributed by atoms with Gasteiger partial charge in [-0.25, -0.2) is 8.42 Å². The Morgan fingerprint density at radius 1 is 1.05 bits per heavy atom. The first-order chi connectivity index (χ1) is 9.32. The van der Waals surface area contributed by atoms with Crippen LogP contribution in [0.4, 0.5) is 0 Å². The molecule has 2 saturated carbocycles. The summed E-state index contributed by atoms with van der Waals surface area (Å²) in [6, 6.07) is 7.19. The van der Waals surface area contributed by atoms with Crippen LogP contribution in [0.25, 0.3) is 0 Å². The van der Waals surface area contributed by atoms with Gasteiger partial charge < -0.3 is 5.11 Å². The molecule has 5 heteroatoms. The molecule has 0 spiro atoms. The maximum absolute atomic E-state index is 11.9. The van der Waals surface area contributed by atoms with Gasteiger partial charge in [0.15, 0.2) is 9.84 Å². The van der Waals surface area contributed by atoms with E-state index in [0.29, 0.717) is 25.7 Å². The summed E-state index contributed by atoms with van der Waals surface area (Å²) >= 11 is 0. The Morgan fingerprint density at radius 3 is 1.85 bits per heavy atom. The smallest absolute Gasteiger partial charge is 0.314 e. The Bertz CT molecular complexity index is 650. The minimum absolute atomic E-state index is 0.662. The van der Waals surface area contributed by atoms with E-state index in [1.807, 2.05) is 0 Å². The Hall–Kier alpha value is -1.36. The lowest BCUT2D eigenvalue weighted by Crippen LogP contribution is -2.42. The highest BCUT2D eigenvalue weighted by molar-refractivity contribution is 7.92. The van der Waals surface area contributed by atoms with Crippen LogP contribution in [0.3, 0.4) is 0 Å². The van der Waals surface area contributed by atoms with Crippen LogP contribution in [0.2, 0.25) is 0 Å². The fourth-order valence-corrected chi connectivity index (χ4v) is 4.64. The summed E-state index contributed by atoms with van der Waals surface area (Å²) in [7, 11) is -3.12. The third kappa shape index (κ3) is 1.72. The molecule has 0 bridgehead atoms. The Kier molecular flexibility index (Phi) is 2.77. The van der Waals surface area contributed by atoms with Gasteiger partial charge in [-0.2, -0.15) is 0 Å². The van der Waals surface area contributed by atoms with Crippen molar-refractivity contribution in [1.82, 2.24) is 0 Å². The van der Waals surface area contributed by atoms with Gasteiger partial charge in [0.05, 0.1) is 10.2 Å². The minimum Gasteiger partial charge on any atom is -0.481 e. The van der Waals surface area contributed by atoms with Crippen LogP contribution >= 0.6 is 0 Å². The van der Waals surface area contributed by atoms with E-state index in [9.17, 15) is 18.3 Å². The van der Waals surface area contributed by atoms with Gasteiger partial charge in [0.2, 0.25) is 0 Å². The first kappa shape index (κ1) is 13.6. The molecular formula is C15H18O4S. The third-order valence-electron chi connectivity index (χ3n) is 4.99. The maximum atomic E-state index is 11.9. The summed E-state index contributed by atoms with van der Waals surface area (Å²) in [5, 5.41) is 9.41. The molecule has 0 saturated heterocycles. The van der Waals surface area contributed by atoms with Gasteiger partial charge in [-0.15, -0.1) is 0 Å². The van der Waals surface area contributed by atoms with Gasteiger partial charge >= 0.3 is 5.97 Å². The van der Waals surface area contributed by atoms with Crippen LogP contribution in [0.15, 0.2) is 24.3 Å². The molecule has 0 aromatic heterocycles. The van der Waals surface area contributed by atoms with Gasteiger partial charge in [0.1, 0.15) is 0 Å². The second kappa shape index (κ2) is 4.07. The van der Waals surface area contributed by atoms with Crippen molar-refractivity contribution in [1.29, 1.82) is 0 Å². The summed E-state index contributed by atoms with van der Waals surface area (Å²) in [6.45, 7) is 0. The number of carboxylic acids is 1. The van der Waals surface area contributed by atoms with Crippen molar-refractivity contribution in [2.45, 2.75) is 42.3 Å². The van der Waals surface area contributed by atoms with Gasteiger partial charge in [-0.05, 0) is 36.8 Å². The molecule has 0 heterocycles. The Morgan fingerprint density at radius 2 is 1.55 bits per heavy atom. The zero-order chi connectivity index (χ0) is 14.6. The predicted octanol–water partition coefficient (Wildman–Crippen LogP) is 2.23. The molecule has 108 valence electrons. The fourth-order valence-electron chi connectivity index (χ4n) is 3.24. The number of carboxylic acid groups (broad SMARTS) is 1. The monoisotopic (exact) mass is 294 g/mol. The highest BCUT2D eigenvalue weighted by Crippen LogP contribution is 2.53. The van der Waals surface area contributed by atoms with Gasteiger partial charge in [0.25, 0.3) is 0 Å². The molecule has 3 rings (SSSR count). The molecule has 0 radical (unpaired) electrons. The molecule has 0 aliphatic heterocycles. The van der Waals surface area contributed by atoms with Crippen LogP contribution in [-0.2, 0) is 24.8 Å². The zero-order valence-electron chi connectivity index (χ0n) is 11.4. The number of aliphatic carboxylic acids is 1. The quantitative estimate of drug-likeness (QED) is 0.924. The molecule has 2 aliphatic rings. The summed E-state index contributed by atoms with van der Waals surface area (Å²) in [4.78, 5) is 11.5. The largest absolute Gasteiger partial charge is 0.481 e. The topological polar surface area (TPSA) is 71.4 Å². The first-order valence-corrected chi connectivity index (χ1v) is 8.75. The Labute approximate surface area is 118 Å². The molecule has 2 aliphatic carbocycles. The third-order valence-corrected chi connectivity index (χ3v) is 7.06. The molecule has 0 unspecified atom stereocenters. The average molecular weight is 294 g/mol. The van der Waals surface area contributed by atoms with Crippen molar-refractivity contribution in [2.75, 3.05) is 6.26 Å². The molecular weight excluding hydrogens is 276 g/mol. The lowest BCUT2D eigenvalue weighted by molar-refractivity contribution is -0.147. The highest BCUT2D eigenvalue weighted by atomic mass is 32.2. The van der Waals surface area contributed by atoms with E-state index in [-0.39, 0.29) is 0 Å². The van der Waals surface area contributed by atoms with Crippen molar-refractivity contribution in [3.05, 3.63) is 35.4 Å². The molecule has 4 nitrogen and oxygen atoms in total. The minimum atomic E-state index is -3.12. The summed E-state index contributed by atoms with van der Waals surface area (Å²) in [5.41, 5.74) is 0.841. The van der Waals surface area contributed by atoms with E-state index in [0.717, 1.165) is 17.5 Å². The highest BCUT2D eigenvalue weighted by Gasteiger charge is 2.53. The molecule has 0 amide bonds. The fraction of sp³-hybridized carbons (Fsp3) is 0.533. The average Bonchev–Trinajstić information content (AvgIpc) is 3.08. The number of rotatable bonds is 4. The molecule has 2 fully saturated rings. The van der Waals surface area contributed by atoms with E-state index < -0.39 is 26.0 Å². The number of hydrogen-bond donors (Lipinski definition) is 1. The van der Waals surface area contributed by atoms with Gasteiger partial charge in [-0.1, -0.05) is 30.7 Å². The first-order valence-electron chi connectivity index (χ1n) is 6.86. The lowest BCUT2D eigenvalue weighted by Gasteiger charge is -2.38. The Balaban J connectivity index is 1.96. The second-order valence-corrected chi connectivity index (χ2v) is 8.41. The standard InChI is InChI=1S/C15H18O4S/c1-20(18,19)15(9-10-15)12-5-3-11(4-6-12)14(13(16)17)7-2-8-14/h3-6H,2,7-10H2,1H3,(H,16,17). The number of benzene rings is 1. The molecule has 0 atom stereocenters. The summed E-state index contributed by atoms with van der Waals surface area (Å²) in [6.07, 6.45) is 4.86. The second-order valence-electron chi connectivity index (χ2n) is 6.08. The summed E-state index contributed by atoms with van der Waals surface area (Å²) in [5.74, 6) is -0.777. The van der Waals surface area contributed by atoms with Crippen molar-refractivity contribution in [2.24, 2.45) is 0 Å². The normalized spacial score (nSPS) is 22.9. The molecule has 20 heavy (non-hydrogen) atoms. The van der Waals surface area contributed by atoms with E-state index in [4.69, 9.17) is 0 Å². The number of sulfone groups is 1. The molecule has 1 aromatic carbocycles. The number of carbonyl (C=O) groups is 1. The SMILES string of the molecule is CS(=O)(=O)C1(c2ccc(C3(C(=O)O)CCC3)cc2)CC1. The maximum Gasteiger partial charge on any atom is 0.314 e. The summed E-state index contributed by atoms with van der Waals surface area (Å²) < 4.78 is 23.0. The zero-order valence-corrected chi connectivity index (χ0v) is 12.2. The predicted molar refractivity (Wildman–Crippen MR) is 75.4 cm³/mol. The van der Waals surface area contributed by atoms with Gasteiger partial charge in [0, 0.05) is 6.26 Å².